The first kappa shape index (κ1) is 25.6. The van der Waals surface area contributed by atoms with E-state index in [9.17, 15) is 33.4 Å². The van der Waals surface area contributed by atoms with Gasteiger partial charge in [-0.1, -0.05) is 31.6 Å². The van der Waals surface area contributed by atoms with Gasteiger partial charge in [0.25, 0.3) is 11.5 Å². The van der Waals surface area contributed by atoms with E-state index in [1.165, 1.54) is 19.2 Å². The van der Waals surface area contributed by atoms with Gasteiger partial charge >= 0.3 is 10.2 Å². The highest BCUT2D eigenvalue weighted by molar-refractivity contribution is 8.45. The number of nitrogens with zero attached hydrogens (tertiary/aromatic N) is 2. The molecular formula is C25H28F6N4O2S. The zero-order valence-corrected chi connectivity index (χ0v) is 21.5. The van der Waals surface area contributed by atoms with Crippen LogP contribution >= 0.6 is 10.2 Å². The molecule has 2 aromatic rings. The molecule has 5 fully saturated rings. The molecule has 1 aromatic heterocycles. The van der Waals surface area contributed by atoms with Gasteiger partial charge in [0.05, 0.1) is 17.3 Å². The number of hydrogen-bond donors (Lipinski definition) is 2. The molecule has 1 aliphatic heterocycles. The lowest BCUT2D eigenvalue weighted by Gasteiger charge is -2.62. The molecule has 1 saturated heterocycles. The fourth-order valence-corrected chi connectivity index (χ4v) is 7.37. The normalized spacial score (nSPS) is 32.2. The van der Waals surface area contributed by atoms with Crippen molar-refractivity contribution < 1.29 is 28.6 Å². The van der Waals surface area contributed by atoms with E-state index in [1.54, 1.807) is 4.57 Å². The second kappa shape index (κ2) is 7.29. The van der Waals surface area contributed by atoms with Gasteiger partial charge in [0.1, 0.15) is 4.90 Å². The van der Waals surface area contributed by atoms with Crippen LogP contribution in [-0.2, 0) is 5.54 Å². The minimum Gasteiger partial charge on any atom is -0.381 e. The van der Waals surface area contributed by atoms with Gasteiger partial charge in [0, 0.05) is 42.5 Å². The molecule has 0 unspecified atom stereocenters. The highest BCUT2D eigenvalue weighted by Gasteiger charge is 2.67. The Morgan fingerprint density at radius 3 is 2.29 bits per heavy atom. The summed E-state index contributed by atoms with van der Waals surface area (Å²) in [6.07, 6.45) is 3.97. The summed E-state index contributed by atoms with van der Waals surface area (Å²) >= 11 is 0. The number of hydrogen-bond acceptors (Lipinski definition) is 4. The third-order valence-corrected chi connectivity index (χ3v) is 9.88. The van der Waals surface area contributed by atoms with E-state index in [-0.39, 0.29) is 28.8 Å². The van der Waals surface area contributed by atoms with Gasteiger partial charge in [-0.2, -0.15) is 0 Å². The molecule has 2 bridgehead atoms. The third kappa shape index (κ3) is 4.09. The lowest BCUT2D eigenvalue weighted by molar-refractivity contribution is -0.0914. The van der Waals surface area contributed by atoms with Crippen LogP contribution in [0.3, 0.4) is 0 Å². The van der Waals surface area contributed by atoms with Crippen LogP contribution in [0.5, 0.6) is 0 Å². The minimum atomic E-state index is -10.3. The Hall–Kier alpha value is -2.67. The topological polar surface area (TPSA) is 66.4 Å². The van der Waals surface area contributed by atoms with E-state index in [0.29, 0.717) is 29.5 Å². The highest BCUT2D eigenvalue weighted by atomic mass is 32.5. The van der Waals surface area contributed by atoms with Crippen molar-refractivity contribution >= 4 is 21.8 Å². The highest BCUT2D eigenvalue weighted by Crippen LogP contribution is 3.02. The van der Waals surface area contributed by atoms with Crippen LogP contribution in [0.4, 0.5) is 29.5 Å². The standard InChI is InChI=1S/C25H28F6N4O2S/c1-13(15-4-3-5-20(22(15)26)38(27,28,29,30)31)32-24(37)18-12-35(25-7-14(8-25)9-25)21(36)6-19(18)33-23-16-10-34(2)11-17(16)23/h3-6,12-14,16-17,23,33H,7-11H2,1-2H3,(H,32,37)/t13-,14?,16-,17+,23+,25?/m1/s1. The number of carbonyl (C=O) groups is 1. The monoisotopic (exact) mass is 562 g/mol. The molecule has 0 radical (unpaired) electrons. The van der Waals surface area contributed by atoms with E-state index in [4.69, 9.17) is 0 Å². The van der Waals surface area contributed by atoms with Gasteiger partial charge < -0.3 is 20.1 Å². The maximum absolute atomic E-state index is 14.7. The van der Waals surface area contributed by atoms with E-state index >= 15 is 0 Å². The molecule has 208 valence electrons. The number of carbonyl (C=O) groups excluding carboxylic acids is 1. The van der Waals surface area contributed by atoms with Crippen molar-refractivity contribution in [2.75, 3.05) is 25.5 Å². The van der Waals surface area contributed by atoms with Crippen LogP contribution in [0.2, 0.25) is 0 Å². The zero-order chi connectivity index (χ0) is 27.5. The van der Waals surface area contributed by atoms with Crippen molar-refractivity contribution in [2.24, 2.45) is 17.8 Å². The molecule has 0 spiro atoms. The molecule has 2 heterocycles. The van der Waals surface area contributed by atoms with Gasteiger partial charge in [-0.25, -0.2) is 4.39 Å². The van der Waals surface area contributed by atoms with Crippen molar-refractivity contribution in [3.8, 4) is 0 Å². The fraction of sp³-hybridized carbons (Fsp3) is 0.520. The molecule has 7 rings (SSSR count). The molecular weight excluding hydrogens is 534 g/mol. The number of halogens is 6. The quantitative estimate of drug-likeness (QED) is 0.431. The van der Waals surface area contributed by atoms with Crippen molar-refractivity contribution in [1.82, 2.24) is 14.8 Å². The lowest BCUT2D eigenvalue weighted by atomic mass is 9.49. The van der Waals surface area contributed by atoms with E-state index in [1.807, 2.05) is 7.05 Å². The lowest BCUT2D eigenvalue weighted by Crippen LogP contribution is -2.62. The second-order valence-corrected chi connectivity index (χ2v) is 13.9. The molecule has 5 aliphatic rings. The maximum Gasteiger partial charge on any atom is 0.313 e. The van der Waals surface area contributed by atoms with Crippen LogP contribution < -0.4 is 16.2 Å². The van der Waals surface area contributed by atoms with E-state index < -0.39 is 38.4 Å². The van der Waals surface area contributed by atoms with Gasteiger partial charge in [-0.05, 0) is 57.1 Å². The average Bonchev–Trinajstić information content (AvgIpc) is 3.16. The number of piperidine rings is 1. The van der Waals surface area contributed by atoms with Gasteiger partial charge in [0.2, 0.25) is 0 Å². The number of amides is 1. The number of nitrogens with one attached hydrogen (secondary N) is 2. The smallest absolute Gasteiger partial charge is 0.313 e. The molecule has 4 atom stereocenters. The van der Waals surface area contributed by atoms with Gasteiger partial charge in [-0.3, -0.25) is 9.59 Å². The average molecular weight is 563 g/mol. The van der Waals surface area contributed by atoms with E-state index in [0.717, 1.165) is 38.4 Å². The van der Waals surface area contributed by atoms with Crippen LogP contribution in [0.1, 0.15) is 48.1 Å². The number of anilines is 1. The Bertz CT molecular complexity index is 1400. The molecule has 1 amide bonds. The maximum atomic E-state index is 14.7. The summed E-state index contributed by atoms with van der Waals surface area (Å²) in [4.78, 5) is 26.0. The number of pyridine rings is 1. The number of likely N-dealkylation sites (tertiary alicyclic amines) is 1. The Balaban J connectivity index is 1.30. The first-order valence-electron chi connectivity index (χ1n) is 12.5. The van der Waals surface area contributed by atoms with Gasteiger partial charge in [0.15, 0.2) is 5.82 Å². The summed E-state index contributed by atoms with van der Waals surface area (Å²) in [6.45, 7) is 2.98. The van der Waals surface area contributed by atoms with Gasteiger partial charge in [-0.15, -0.1) is 0 Å². The summed E-state index contributed by atoms with van der Waals surface area (Å²) in [7, 11) is -8.27. The molecule has 38 heavy (non-hydrogen) atoms. The Morgan fingerprint density at radius 2 is 1.74 bits per heavy atom. The van der Waals surface area contributed by atoms with Crippen LogP contribution in [0, 0.1) is 23.6 Å². The third-order valence-electron chi connectivity index (χ3n) is 8.74. The molecule has 6 nitrogen and oxygen atoms in total. The summed E-state index contributed by atoms with van der Waals surface area (Å²) in [5.74, 6) is -1.56. The zero-order valence-electron chi connectivity index (χ0n) is 20.7. The SMILES string of the molecule is C[C@@H](NC(=O)c1cn(C23CC(C2)C3)c(=O)cc1N[C@H]1[C@@H]2CN(C)C[C@@H]21)c1cccc(S(F)(F)(F)(F)F)c1F. The number of fused-ring (bicyclic) bond motifs is 1. The number of rotatable bonds is 7. The Morgan fingerprint density at radius 1 is 1.11 bits per heavy atom. The predicted molar refractivity (Wildman–Crippen MR) is 132 cm³/mol. The molecule has 13 heteroatoms. The van der Waals surface area contributed by atoms with Crippen molar-refractivity contribution in [3.63, 3.8) is 0 Å². The van der Waals surface area contributed by atoms with Crippen LogP contribution in [-0.4, -0.2) is 41.6 Å². The molecule has 4 saturated carbocycles. The van der Waals surface area contributed by atoms with E-state index in [2.05, 4.69) is 15.5 Å². The number of aromatic nitrogens is 1. The van der Waals surface area contributed by atoms with Crippen LogP contribution in [0.25, 0.3) is 0 Å². The molecule has 2 N–H and O–H groups in total. The second-order valence-electron chi connectivity index (χ2n) is 11.6. The predicted octanol–water partition coefficient (Wildman–Crippen LogP) is 5.62. The fourth-order valence-electron chi connectivity index (χ4n) is 6.57. The number of benzene rings is 1. The Kier molecular flexibility index (Phi) is 4.91. The summed E-state index contributed by atoms with van der Waals surface area (Å²) in [5, 5.41) is 5.76. The van der Waals surface area contributed by atoms with Crippen molar-refractivity contribution in [2.45, 2.75) is 48.7 Å². The first-order chi connectivity index (χ1) is 17.5. The van der Waals surface area contributed by atoms with Crippen molar-refractivity contribution in [3.05, 3.63) is 57.8 Å². The summed E-state index contributed by atoms with van der Waals surface area (Å²) in [6, 6.07) is 1.70. The Labute approximate surface area is 215 Å². The first-order valence-corrected chi connectivity index (χ1v) is 14.5. The van der Waals surface area contributed by atoms with Crippen LogP contribution in [0.15, 0.2) is 40.2 Å². The molecule has 4 aliphatic carbocycles. The molecule has 1 aromatic carbocycles. The largest absolute Gasteiger partial charge is 0.381 e. The summed E-state index contributed by atoms with van der Waals surface area (Å²) < 4.78 is 83.0. The minimum absolute atomic E-state index is 0.000582. The van der Waals surface area contributed by atoms with Crippen molar-refractivity contribution in [1.29, 1.82) is 0 Å². The summed E-state index contributed by atoms with van der Waals surface area (Å²) in [5.41, 5.74) is -0.907.